The summed E-state index contributed by atoms with van der Waals surface area (Å²) in [7, 11) is 0. The fraction of sp³-hybridized carbons (Fsp3) is 0.750. The average Bonchev–Trinajstić information content (AvgIpc) is 2.14. The molecular formula is C8H18N4O2. The van der Waals surface area contributed by atoms with E-state index in [-0.39, 0.29) is 19.0 Å². The van der Waals surface area contributed by atoms with E-state index < -0.39 is 11.9 Å². The fourth-order valence-corrected chi connectivity index (χ4v) is 0.769. The van der Waals surface area contributed by atoms with Crippen LogP contribution in [0.25, 0.3) is 0 Å². The van der Waals surface area contributed by atoms with Gasteiger partial charge in [0.25, 0.3) is 0 Å². The van der Waals surface area contributed by atoms with Crippen LogP contribution in [0.3, 0.4) is 0 Å². The molecule has 0 aliphatic rings. The number of hydrogen-bond donors (Lipinski definition) is 4. The van der Waals surface area contributed by atoms with Crippen LogP contribution in [-0.4, -0.2) is 37.5 Å². The number of nitrogens with one attached hydrogen (secondary N) is 2. The van der Waals surface area contributed by atoms with Crippen LogP contribution in [0, 0.1) is 0 Å². The first-order chi connectivity index (χ1) is 6.57. The number of hydrogen-bond acceptors (Lipinski definition) is 4. The number of primary amides is 1. The van der Waals surface area contributed by atoms with Crippen molar-refractivity contribution < 1.29 is 9.59 Å². The van der Waals surface area contributed by atoms with E-state index in [9.17, 15) is 9.59 Å². The summed E-state index contributed by atoms with van der Waals surface area (Å²) in [4.78, 5) is 21.5. The molecule has 0 spiro atoms. The Morgan fingerprint density at radius 1 is 1.43 bits per heavy atom. The van der Waals surface area contributed by atoms with Crippen molar-refractivity contribution in [3.63, 3.8) is 0 Å². The Morgan fingerprint density at radius 2 is 2.07 bits per heavy atom. The number of carbonyl (C=O) groups is 2. The number of carbonyl (C=O) groups excluding carboxylic acids is 2. The average molecular weight is 202 g/mol. The molecule has 0 bridgehead atoms. The van der Waals surface area contributed by atoms with E-state index in [1.807, 2.05) is 6.92 Å². The van der Waals surface area contributed by atoms with Crippen molar-refractivity contribution in [2.75, 3.05) is 19.6 Å². The molecule has 0 radical (unpaired) electrons. The molecule has 0 aliphatic heterocycles. The first-order valence-corrected chi connectivity index (χ1v) is 4.60. The largest absolute Gasteiger partial charge is 0.368 e. The molecule has 0 rings (SSSR count). The molecule has 0 aliphatic carbocycles. The number of nitrogens with two attached hydrogens (primary N) is 2. The van der Waals surface area contributed by atoms with Gasteiger partial charge in [-0.1, -0.05) is 6.92 Å². The SMILES string of the molecule is CCCNC(=O)CNCC(N)C(N)=O. The summed E-state index contributed by atoms with van der Waals surface area (Å²) in [6.45, 7) is 2.99. The quantitative estimate of drug-likeness (QED) is 0.379. The maximum atomic E-state index is 11.0. The zero-order valence-corrected chi connectivity index (χ0v) is 8.38. The van der Waals surface area contributed by atoms with Crippen LogP contribution in [0.1, 0.15) is 13.3 Å². The fourth-order valence-electron chi connectivity index (χ4n) is 0.769. The van der Waals surface area contributed by atoms with Gasteiger partial charge in [-0.25, -0.2) is 0 Å². The second-order valence-corrected chi connectivity index (χ2v) is 2.99. The lowest BCUT2D eigenvalue weighted by molar-refractivity contribution is -0.121. The van der Waals surface area contributed by atoms with Crippen molar-refractivity contribution in [3.8, 4) is 0 Å². The molecule has 14 heavy (non-hydrogen) atoms. The van der Waals surface area contributed by atoms with Gasteiger partial charge in [-0.15, -0.1) is 0 Å². The minimum Gasteiger partial charge on any atom is -0.368 e. The van der Waals surface area contributed by atoms with E-state index in [1.54, 1.807) is 0 Å². The van der Waals surface area contributed by atoms with Gasteiger partial charge in [-0.3, -0.25) is 9.59 Å². The molecule has 2 amide bonds. The maximum absolute atomic E-state index is 11.0. The second kappa shape index (κ2) is 7.28. The monoisotopic (exact) mass is 202 g/mol. The van der Waals surface area contributed by atoms with Gasteiger partial charge in [0.1, 0.15) is 0 Å². The van der Waals surface area contributed by atoms with E-state index in [2.05, 4.69) is 10.6 Å². The molecule has 6 nitrogen and oxygen atoms in total. The lowest BCUT2D eigenvalue weighted by Crippen LogP contribution is -2.46. The highest BCUT2D eigenvalue weighted by molar-refractivity contribution is 5.80. The van der Waals surface area contributed by atoms with Crippen LogP contribution in [0.15, 0.2) is 0 Å². The molecule has 0 heterocycles. The van der Waals surface area contributed by atoms with Gasteiger partial charge in [0.05, 0.1) is 12.6 Å². The van der Waals surface area contributed by atoms with Crippen molar-refractivity contribution in [1.29, 1.82) is 0 Å². The lowest BCUT2D eigenvalue weighted by Gasteiger charge is -2.08. The van der Waals surface area contributed by atoms with Crippen LogP contribution >= 0.6 is 0 Å². The second-order valence-electron chi connectivity index (χ2n) is 2.99. The Morgan fingerprint density at radius 3 is 2.57 bits per heavy atom. The van der Waals surface area contributed by atoms with Crippen LogP contribution in [0.2, 0.25) is 0 Å². The normalized spacial score (nSPS) is 12.1. The molecule has 0 aromatic rings. The van der Waals surface area contributed by atoms with Gasteiger partial charge in [-0.05, 0) is 6.42 Å². The molecule has 6 heteroatoms. The molecule has 0 fully saturated rings. The van der Waals surface area contributed by atoms with Crippen molar-refractivity contribution in [1.82, 2.24) is 10.6 Å². The predicted molar refractivity (Wildman–Crippen MR) is 53.3 cm³/mol. The number of rotatable bonds is 7. The summed E-state index contributed by atoms with van der Waals surface area (Å²) in [5.74, 6) is -0.685. The van der Waals surface area contributed by atoms with Crippen LogP contribution in [-0.2, 0) is 9.59 Å². The van der Waals surface area contributed by atoms with Gasteiger partial charge in [0.15, 0.2) is 0 Å². The van der Waals surface area contributed by atoms with Crippen molar-refractivity contribution >= 4 is 11.8 Å². The third kappa shape index (κ3) is 6.38. The van der Waals surface area contributed by atoms with E-state index >= 15 is 0 Å². The number of amides is 2. The van der Waals surface area contributed by atoms with Gasteiger partial charge in [0.2, 0.25) is 11.8 Å². The Hall–Kier alpha value is -1.14. The van der Waals surface area contributed by atoms with E-state index in [4.69, 9.17) is 11.5 Å². The first-order valence-electron chi connectivity index (χ1n) is 4.60. The highest BCUT2D eigenvalue weighted by atomic mass is 16.2. The third-order valence-electron chi connectivity index (χ3n) is 1.59. The Bertz CT molecular complexity index is 196. The zero-order valence-electron chi connectivity index (χ0n) is 8.38. The van der Waals surface area contributed by atoms with E-state index in [0.29, 0.717) is 6.54 Å². The van der Waals surface area contributed by atoms with Crippen LogP contribution < -0.4 is 22.1 Å². The highest BCUT2D eigenvalue weighted by Crippen LogP contribution is 1.74. The predicted octanol–water partition coefficient (Wildman–Crippen LogP) is -2.09. The molecule has 0 saturated heterocycles. The highest BCUT2D eigenvalue weighted by Gasteiger charge is 2.08. The van der Waals surface area contributed by atoms with Crippen molar-refractivity contribution in [2.45, 2.75) is 19.4 Å². The van der Waals surface area contributed by atoms with Gasteiger partial charge in [0, 0.05) is 13.1 Å². The minimum absolute atomic E-state index is 0.108. The van der Waals surface area contributed by atoms with Gasteiger partial charge >= 0.3 is 0 Å². The Balaban J connectivity index is 3.44. The zero-order chi connectivity index (χ0) is 11.0. The Kier molecular flexibility index (Phi) is 6.69. The minimum atomic E-state index is -0.742. The summed E-state index contributed by atoms with van der Waals surface area (Å²) < 4.78 is 0. The van der Waals surface area contributed by atoms with Crippen molar-refractivity contribution in [3.05, 3.63) is 0 Å². The molecule has 82 valence electrons. The Labute approximate surface area is 83.4 Å². The molecule has 6 N–H and O–H groups in total. The molecule has 0 aromatic heterocycles. The smallest absolute Gasteiger partial charge is 0.235 e. The van der Waals surface area contributed by atoms with Gasteiger partial charge < -0.3 is 22.1 Å². The lowest BCUT2D eigenvalue weighted by atomic mass is 10.3. The molecule has 0 saturated carbocycles. The topological polar surface area (TPSA) is 110 Å². The van der Waals surface area contributed by atoms with Gasteiger partial charge in [-0.2, -0.15) is 0 Å². The van der Waals surface area contributed by atoms with E-state index in [1.165, 1.54) is 0 Å². The summed E-state index contributed by atoms with van der Waals surface area (Å²) in [6, 6.07) is -0.742. The summed E-state index contributed by atoms with van der Waals surface area (Å²) in [6.07, 6.45) is 0.895. The van der Waals surface area contributed by atoms with Crippen LogP contribution in [0.4, 0.5) is 0 Å². The summed E-state index contributed by atoms with van der Waals surface area (Å²) >= 11 is 0. The molecular weight excluding hydrogens is 184 g/mol. The molecule has 0 aromatic carbocycles. The molecule has 1 atom stereocenters. The first kappa shape index (κ1) is 12.9. The summed E-state index contributed by atoms with van der Waals surface area (Å²) in [5, 5.41) is 5.41. The van der Waals surface area contributed by atoms with E-state index in [0.717, 1.165) is 6.42 Å². The van der Waals surface area contributed by atoms with Crippen molar-refractivity contribution in [2.24, 2.45) is 11.5 Å². The summed E-state index contributed by atoms with van der Waals surface area (Å²) in [5.41, 5.74) is 10.3. The maximum Gasteiger partial charge on any atom is 0.235 e. The van der Waals surface area contributed by atoms with Crippen LogP contribution in [0.5, 0.6) is 0 Å². The molecule has 1 unspecified atom stereocenters. The third-order valence-corrected chi connectivity index (χ3v) is 1.59. The standard InChI is InChI=1S/C8H18N4O2/c1-2-3-12-7(13)5-11-4-6(9)8(10)14/h6,11H,2-5,9H2,1H3,(H2,10,14)(H,12,13).